The van der Waals surface area contributed by atoms with E-state index in [-0.39, 0.29) is 17.7 Å². The highest BCUT2D eigenvalue weighted by Crippen LogP contribution is 2.25. The van der Waals surface area contributed by atoms with E-state index in [4.69, 9.17) is 4.74 Å². The highest BCUT2D eigenvalue weighted by atomic mass is 16.5. The Kier molecular flexibility index (Phi) is 6.70. The van der Waals surface area contributed by atoms with Crippen molar-refractivity contribution in [2.24, 2.45) is 0 Å². The summed E-state index contributed by atoms with van der Waals surface area (Å²) in [5, 5.41) is 3.56. The number of benzene rings is 1. The Labute approximate surface area is 124 Å². The van der Waals surface area contributed by atoms with Gasteiger partial charge in [0.2, 0.25) is 0 Å². The fraction of sp³-hybridized carbons (Fsp3) is 0.667. The third-order valence-corrected chi connectivity index (χ3v) is 4.00. The van der Waals surface area contributed by atoms with Gasteiger partial charge >= 0.3 is 0 Å². The van der Waals surface area contributed by atoms with Crippen LogP contribution in [-0.4, -0.2) is 18.2 Å². The lowest BCUT2D eigenvalue weighted by Crippen LogP contribution is -2.37. The first-order chi connectivity index (χ1) is 9.43. The fourth-order valence-electron chi connectivity index (χ4n) is 2.39. The minimum absolute atomic E-state index is 0.0730. The van der Waals surface area contributed by atoms with Crippen molar-refractivity contribution < 1.29 is 4.74 Å². The predicted octanol–water partition coefficient (Wildman–Crippen LogP) is 4.49. The summed E-state index contributed by atoms with van der Waals surface area (Å²) in [6, 6.07) is 9.14. The molecule has 1 rings (SSSR count). The molecule has 20 heavy (non-hydrogen) atoms. The monoisotopic (exact) mass is 277 g/mol. The third-order valence-electron chi connectivity index (χ3n) is 4.00. The summed E-state index contributed by atoms with van der Waals surface area (Å²) in [7, 11) is 0. The van der Waals surface area contributed by atoms with Gasteiger partial charge in [-0.25, -0.2) is 0 Å². The average Bonchev–Trinajstić information content (AvgIpc) is 2.44. The third kappa shape index (κ3) is 4.92. The summed E-state index contributed by atoms with van der Waals surface area (Å²) in [5.74, 6) is 0. The van der Waals surface area contributed by atoms with Gasteiger partial charge in [-0.1, -0.05) is 45.0 Å². The number of aryl methyl sites for hydroxylation is 1. The van der Waals surface area contributed by atoms with Crippen LogP contribution in [0.15, 0.2) is 24.3 Å². The van der Waals surface area contributed by atoms with Gasteiger partial charge in [0.05, 0.1) is 17.7 Å². The molecule has 0 aromatic heterocycles. The second kappa shape index (κ2) is 7.80. The van der Waals surface area contributed by atoms with E-state index in [0.29, 0.717) is 0 Å². The predicted molar refractivity (Wildman–Crippen MR) is 87.2 cm³/mol. The Morgan fingerprint density at radius 2 is 1.70 bits per heavy atom. The van der Waals surface area contributed by atoms with Crippen molar-refractivity contribution in [1.82, 2.24) is 5.32 Å². The molecule has 0 fully saturated rings. The van der Waals surface area contributed by atoms with E-state index in [2.05, 4.69) is 71.1 Å². The van der Waals surface area contributed by atoms with Gasteiger partial charge in [-0.15, -0.1) is 0 Å². The SMILES string of the molecule is CCNC(c1ccc(CC)cc1)C(C)OC(C)(C)CC. The topological polar surface area (TPSA) is 21.3 Å². The molecule has 0 aliphatic heterocycles. The van der Waals surface area contributed by atoms with Crippen LogP contribution in [0.2, 0.25) is 0 Å². The van der Waals surface area contributed by atoms with E-state index in [9.17, 15) is 0 Å². The van der Waals surface area contributed by atoms with Gasteiger partial charge in [-0.05, 0) is 51.3 Å². The summed E-state index contributed by atoms with van der Waals surface area (Å²) in [5.41, 5.74) is 2.62. The lowest BCUT2D eigenvalue weighted by atomic mass is 9.98. The van der Waals surface area contributed by atoms with Crippen LogP contribution in [0.5, 0.6) is 0 Å². The fourth-order valence-corrected chi connectivity index (χ4v) is 2.39. The summed E-state index contributed by atoms with van der Waals surface area (Å²) in [6.45, 7) is 13.9. The minimum Gasteiger partial charge on any atom is -0.371 e. The lowest BCUT2D eigenvalue weighted by Gasteiger charge is -2.33. The Morgan fingerprint density at radius 1 is 1.10 bits per heavy atom. The molecule has 1 N–H and O–H groups in total. The molecule has 1 aromatic carbocycles. The quantitative estimate of drug-likeness (QED) is 0.755. The zero-order valence-corrected chi connectivity index (χ0v) is 14.0. The molecule has 0 saturated heterocycles. The largest absolute Gasteiger partial charge is 0.371 e. The van der Waals surface area contributed by atoms with Gasteiger partial charge in [-0.2, -0.15) is 0 Å². The van der Waals surface area contributed by atoms with Crippen molar-refractivity contribution in [3.8, 4) is 0 Å². The van der Waals surface area contributed by atoms with E-state index in [1.54, 1.807) is 0 Å². The maximum absolute atomic E-state index is 6.25. The first-order valence-corrected chi connectivity index (χ1v) is 7.93. The molecule has 2 unspecified atom stereocenters. The van der Waals surface area contributed by atoms with E-state index in [1.165, 1.54) is 11.1 Å². The van der Waals surface area contributed by atoms with Crippen LogP contribution in [0.3, 0.4) is 0 Å². The van der Waals surface area contributed by atoms with Crippen LogP contribution in [0.4, 0.5) is 0 Å². The van der Waals surface area contributed by atoms with Crippen LogP contribution in [0, 0.1) is 0 Å². The maximum atomic E-state index is 6.25. The second-order valence-electron chi connectivity index (χ2n) is 6.07. The second-order valence-corrected chi connectivity index (χ2v) is 6.07. The molecule has 1 aromatic rings. The molecule has 0 heterocycles. The van der Waals surface area contributed by atoms with Crippen molar-refractivity contribution in [3.63, 3.8) is 0 Å². The zero-order valence-electron chi connectivity index (χ0n) is 14.0. The first kappa shape index (κ1) is 17.2. The Bertz CT molecular complexity index is 383. The highest BCUT2D eigenvalue weighted by Gasteiger charge is 2.25. The molecule has 2 heteroatoms. The maximum Gasteiger partial charge on any atom is 0.0748 e. The van der Waals surface area contributed by atoms with Crippen molar-refractivity contribution >= 4 is 0 Å². The minimum atomic E-state index is -0.0730. The number of likely N-dealkylation sites (N-methyl/N-ethyl adjacent to an activating group) is 1. The molecule has 0 bridgehead atoms. The first-order valence-electron chi connectivity index (χ1n) is 7.93. The molecule has 0 radical (unpaired) electrons. The molecule has 0 aliphatic carbocycles. The molecular weight excluding hydrogens is 246 g/mol. The van der Waals surface area contributed by atoms with E-state index < -0.39 is 0 Å². The average molecular weight is 277 g/mol. The van der Waals surface area contributed by atoms with Crippen LogP contribution in [0.1, 0.15) is 65.1 Å². The molecule has 0 saturated carbocycles. The van der Waals surface area contributed by atoms with Gasteiger partial charge in [0.25, 0.3) is 0 Å². The van der Waals surface area contributed by atoms with Crippen molar-refractivity contribution in [2.75, 3.05) is 6.54 Å². The van der Waals surface area contributed by atoms with E-state index in [1.807, 2.05) is 0 Å². The van der Waals surface area contributed by atoms with Gasteiger partial charge in [0.15, 0.2) is 0 Å². The molecule has 0 amide bonds. The van der Waals surface area contributed by atoms with Gasteiger partial charge < -0.3 is 10.1 Å². The van der Waals surface area contributed by atoms with E-state index >= 15 is 0 Å². The van der Waals surface area contributed by atoms with Gasteiger partial charge in [-0.3, -0.25) is 0 Å². The Hall–Kier alpha value is -0.860. The smallest absolute Gasteiger partial charge is 0.0748 e. The molecular formula is C18H31NO. The summed E-state index contributed by atoms with van der Waals surface area (Å²) in [4.78, 5) is 0. The molecule has 0 spiro atoms. The number of hydrogen-bond acceptors (Lipinski definition) is 2. The Balaban J connectivity index is 2.86. The molecule has 114 valence electrons. The summed E-state index contributed by atoms with van der Waals surface area (Å²) >= 11 is 0. The molecule has 2 nitrogen and oxygen atoms in total. The van der Waals surface area contributed by atoms with Crippen LogP contribution in [-0.2, 0) is 11.2 Å². The van der Waals surface area contributed by atoms with Crippen LogP contribution < -0.4 is 5.32 Å². The highest BCUT2D eigenvalue weighted by molar-refractivity contribution is 5.25. The van der Waals surface area contributed by atoms with Crippen LogP contribution in [0.25, 0.3) is 0 Å². The van der Waals surface area contributed by atoms with Gasteiger partial charge in [0.1, 0.15) is 0 Å². The number of nitrogens with one attached hydrogen (secondary N) is 1. The zero-order chi connectivity index (χ0) is 15.2. The van der Waals surface area contributed by atoms with E-state index in [0.717, 1.165) is 19.4 Å². The summed E-state index contributed by atoms with van der Waals surface area (Å²) in [6.07, 6.45) is 2.25. The Morgan fingerprint density at radius 3 is 2.15 bits per heavy atom. The van der Waals surface area contributed by atoms with Crippen molar-refractivity contribution in [1.29, 1.82) is 0 Å². The molecule has 2 atom stereocenters. The van der Waals surface area contributed by atoms with Crippen molar-refractivity contribution in [3.05, 3.63) is 35.4 Å². The van der Waals surface area contributed by atoms with Crippen LogP contribution >= 0.6 is 0 Å². The number of rotatable bonds is 8. The number of hydrogen-bond donors (Lipinski definition) is 1. The molecule has 0 aliphatic rings. The standard InChI is InChI=1S/C18H31NO/c1-7-15-10-12-16(13-11-15)17(19-9-3)14(4)20-18(5,6)8-2/h10-14,17,19H,7-9H2,1-6H3. The van der Waals surface area contributed by atoms with Gasteiger partial charge in [0, 0.05) is 0 Å². The lowest BCUT2D eigenvalue weighted by molar-refractivity contribution is -0.0798. The van der Waals surface area contributed by atoms with Crippen molar-refractivity contribution in [2.45, 2.75) is 72.1 Å². The number of ether oxygens (including phenoxy) is 1. The normalized spacial score (nSPS) is 15.1. The summed E-state index contributed by atoms with van der Waals surface area (Å²) < 4.78 is 6.25.